The molecule has 0 aliphatic heterocycles. The van der Waals surface area contributed by atoms with Crippen LogP contribution in [-0.4, -0.2) is 9.55 Å². The molecular formula is C30H28FN3O. The molecule has 4 aromatic rings. The van der Waals surface area contributed by atoms with Gasteiger partial charge in [-0.15, -0.1) is 0 Å². The van der Waals surface area contributed by atoms with E-state index in [1.807, 2.05) is 48.5 Å². The molecule has 0 unspecified atom stereocenters. The molecule has 0 atom stereocenters. The maximum absolute atomic E-state index is 13.9. The quantitative estimate of drug-likeness (QED) is 0.315. The number of nitrogens with zero attached hydrogens (tertiary/aromatic N) is 3. The Kier molecular flexibility index (Phi) is 7.22. The fraction of sp³-hybridized carbons (Fsp3) is 0.233. The number of rotatable bonds is 7. The lowest BCUT2D eigenvalue weighted by molar-refractivity contribution is 0.617. The molecule has 176 valence electrons. The summed E-state index contributed by atoms with van der Waals surface area (Å²) < 4.78 is 15.5. The second-order valence-electron chi connectivity index (χ2n) is 8.76. The van der Waals surface area contributed by atoms with Gasteiger partial charge in [-0.2, -0.15) is 5.26 Å². The largest absolute Gasteiger partial charge is 0.269 e. The Morgan fingerprint density at radius 2 is 1.80 bits per heavy atom. The van der Waals surface area contributed by atoms with Gasteiger partial charge in [-0.3, -0.25) is 9.36 Å². The number of hydrogen-bond acceptors (Lipinski definition) is 3. The molecule has 0 aliphatic carbocycles. The average molecular weight is 466 g/mol. The van der Waals surface area contributed by atoms with E-state index in [-0.39, 0.29) is 11.4 Å². The zero-order valence-corrected chi connectivity index (χ0v) is 20.3. The lowest BCUT2D eigenvalue weighted by Crippen LogP contribution is -2.28. The van der Waals surface area contributed by atoms with E-state index < -0.39 is 0 Å². The Balaban J connectivity index is 1.89. The maximum Gasteiger partial charge on any atom is 0.261 e. The summed E-state index contributed by atoms with van der Waals surface area (Å²) in [6.07, 6.45) is 2.88. The highest BCUT2D eigenvalue weighted by Gasteiger charge is 2.19. The van der Waals surface area contributed by atoms with Gasteiger partial charge >= 0.3 is 0 Å². The van der Waals surface area contributed by atoms with Crippen molar-refractivity contribution in [3.8, 4) is 22.9 Å². The highest BCUT2D eigenvalue weighted by Crippen LogP contribution is 2.27. The van der Waals surface area contributed by atoms with E-state index in [1.165, 1.54) is 6.07 Å². The van der Waals surface area contributed by atoms with Gasteiger partial charge in [0.2, 0.25) is 0 Å². The highest BCUT2D eigenvalue weighted by atomic mass is 19.1. The SMILES string of the molecule is CCCCc1nc(C)n(-c2ccc(F)c(C)c2)c(=O)c1Cc1cccc(-c2ccccc2)c1C#N. The lowest BCUT2D eigenvalue weighted by atomic mass is 9.92. The van der Waals surface area contributed by atoms with Crippen LogP contribution in [-0.2, 0) is 12.8 Å². The highest BCUT2D eigenvalue weighted by molar-refractivity contribution is 5.72. The van der Waals surface area contributed by atoms with Gasteiger partial charge in [0.25, 0.3) is 5.56 Å². The van der Waals surface area contributed by atoms with Crippen molar-refractivity contribution >= 4 is 0 Å². The van der Waals surface area contributed by atoms with Gasteiger partial charge in [-0.1, -0.05) is 61.9 Å². The van der Waals surface area contributed by atoms with Crippen molar-refractivity contribution < 1.29 is 4.39 Å². The molecule has 4 rings (SSSR count). The molecule has 0 spiro atoms. The Morgan fingerprint density at radius 3 is 2.49 bits per heavy atom. The predicted molar refractivity (Wildman–Crippen MR) is 137 cm³/mol. The van der Waals surface area contributed by atoms with Crippen LogP contribution in [0.4, 0.5) is 4.39 Å². The van der Waals surface area contributed by atoms with E-state index >= 15 is 0 Å². The lowest BCUT2D eigenvalue weighted by Gasteiger charge is -2.17. The van der Waals surface area contributed by atoms with Gasteiger partial charge in [0.1, 0.15) is 17.7 Å². The second-order valence-corrected chi connectivity index (χ2v) is 8.76. The average Bonchev–Trinajstić information content (AvgIpc) is 2.87. The summed E-state index contributed by atoms with van der Waals surface area (Å²) in [6.45, 7) is 5.58. The number of unbranched alkanes of at least 4 members (excludes halogenated alkanes) is 1. The van der Waals surface area contributed by atoms with Gasteiger partial charge in [-0.05, 0) is 67.1 Å². The molecule has 0 aliphatic rings. The number of aryl methyl sites for hydroxylation is 3. The van der Waals surface area contributed by atoms with Crippen molar-refractivity contribution in [3.05, 3.63) is 117 Å². The zero-order valence-electron chi connectivity index (χ0n) is 20.3. The van der Waals surface area contributed by atoms with Crippen LogP contribution < -0.4 is 5.56 Å². The first kappa shape index (κ1) is 24.1. The summed E-state index contributed by atoms with van der Waals surface area (Å²) in [5, 5.41) is 10.1. The Morgan fingerprint density at radius 1 is 1.03 bits per heavy atom. The molecule has 3 aromatic carbocycles. The van der Waals surface area contributed by atoms with Crippen molar-refractivity contribution in [2.75, 3.05) is 0 Å². The molecule has 1 aromatic heterocycles. The Labute approximate surface area is 205 Å². The summed E-state index contributed by atoms with van der Waals surface area (Å²) in [5.41, 5.74) is 5.36. The fourth-order valence-corrected chi connectivity index (χ4v) is 4.45. The van der Waals surface area contributed by atoms with Crippen LogP contribution in [0, 0.1) is 31.0 Å². The van der Waals surface area contributed by atoms with Crippen LogP contribution in [0.5, 0.6) is 0 Å². The Hall–Kier alpha value is -4.04. The monoisotopic (exact) mass is 465 g/mol. The third-order valence-electron chi connectivity index (χ3n) is 6.31. The van der Waals surface area contributed by atoms with Gasteiger partial charge in [0, 0.05) is 12.0 Å². The number of benzene rings is 3. The molecule has 35 heavy (non-hydrogen) atoms. The van der Waals surface area contributed by atoms with Crippen LogP contribution in [0.2, 0.25) is 0 Å². The van der Waals surface area contributed by atoms with Crippen LogP contribution in [0.1, 0.15) is 53.5 Å². The second kappa shape index (κ2) is 10.5. The van der Waals surface area contributed by atoms with Crippen LogP contribution >= 0.6 is 0 Å². The van der Waals surface area contributed by atoms with Crippen molar-refractivity contribution in [1.82, 2.24) is 9.55 Å². The Bertz CT molecular complexity index is 1470. The summed E-state index contributed by atoms with van der Waals surface area (Å²) in [5.74, 6) is 0.248. The predicted octanol–water partition coefficient (Wildman–Crippen LogP) is 6.46. The molecule has 0 amide bonds. The van der Waals surface area contributed by atoms with Gasteiger partial charge < -0.3 is 0 Å². The van der Waals surface area contributed by atoms with Crippen molar-refractivity contribution in [1.29, 1.82) is 5.26 Å². The molecular weight excluding hydrogens is 437 g/mol. The van der Waals surface area contributed by atoms with Gasteiger partial charge in [-0.25, -0.2) is 9.37 Å². The van der Waals surface area contributed by atoms with E-state index in [1.54, 1.807) is 30.5 Å². The minimum absolute atomic E-state index is 0.177. The first-order valence-corrected chi connectivity index (χ1v) is 11.9. The number of aromatic nitrogens is 2. The fourth-order valence-electron chi connectivity index (χ4n) is 4.45. The van der Waals surface area contributed by atoms with Gasteiger partial charge in [0.15, 0.2) is 0 Å². The third-order valence-corrected chi connectivity index (χ3v) is 6.31. The van der Waals surface area contributed by atoms with Crippen molar-refractivity contribution in [3.63, 3.8) is 0 Å². The first-order chi connectivity index (χ1) is 16.9. The number of halogens is 1. The molecule has 0 bridgehead atoms. The summed E-state index contributed by atoms with van der Waals surface area (Å²) in [7, 11) is 0. The van der Waals surface area contributed by atoms with Crippen molar-refractivity contribution in [2.24, 2.45) is 0 Å². The molecule has 0 N–H and O–H groups in total. The number of hydrogen-bond donors (Lipinski definition) is 0. The van der Waals surface area contributed by atoms with E-state index in [4.69, 9.17) is 4.98 Å². The molecule has 0 fully saturated rings. The van der Waals surface area contributed by atoms with E-state index in [2.05, 4.69) is 13.0 Å². The summed E-state index contributed by atoms with van der Waals surface area (Å²) in [4.78, 5) is 18.7. The topological polar surface area (TPSA) is 58.7 Å². The number of nitriles is 1. The molecule has 4 nitrogen and oxygen atoms in total. The van der Waals surface area contributed by atoms with Gasteiger partial charge in [0.05, 0.1) is 16.9 Å². The zero-order chi connectivity index (χ0) is 24.9. The minimum Gasteiger partial charge on any atom is -0.269 e. The van der Waals surface area contributed by atoms with Crippen LogP contribution in [0.15, 0.2) is 71.5 Å². The van der Waals surface area contributed by atoms with E-state index in [0.717, 1.165) is 35.2 Å². The minimum atomic E-state index is -0.316. The van der Waals surface area contributed by atoms with Crippen molar-refractivity contribution in [2.45, 2.75) is 46.5 Å². The van der Waals surface area contributed by atoms with E-state index in [9.17, 15) is 14.4 Å². The summed E-state index contributed by atoms with van der Waals surface area (Å²) >= 11 is 0. The molecule has 0 saturated heterocycles. The standard InChI is InChI=1S/C30H28FN3O/c1-4-5-14-29-26(30(35)34(21(3)33-29)24-15-16-28(31)20(2)17-24)18-23-12-9-13-25(27(23)19-32)22-10-7-6-8-11-22/h6-13,15-17H,4-5,14,18H2,1-3H3. The normalized spacial score (nSPS) is 10.8. The van der Waals surface area contributed by atoms with Crippen LogP contribution in [0.3, 0.4) is 0 Å². The molecule has 0 saturated carbocycles. The first-order valence-electron chi connectivity index (χ1n) is 11.9. The third kappa shape index (κ3) is 4.93. The maximum atomic E-state index is 13.9. The van der Waals surface area contributed by atoms with E-state index in [0.29, 0.717) is 41.0 Å². The van der Waals surface area contributed by atoms with Crippen LogP contribution in [0.25, 0.3) is 16.8 Å². The molecule has 0 radical (unpaired) electrons. The molecule has 5 heteroatoms. The molecule has 1 heterocycles. The summed E-state index contributed by atoms with van der Waals surface area (Å²) in [6, 6.07) is 22.5. The smallest absolute Gasteiger partial charge is 0.261 e.